The van der Waals surface area contributed by atoms with Gasteiger partial charge in [0.1, 0.15) is 11.8 Å². The van der Waals surface area contributed by atoms with Crippen molar-refractivity contribution in [3.63, 3.8) is 0 Å². The number of rotatable bonds is 22. The van der Waals surface area contributed by atoms with E-state index in [2.05, 4.69) is 23.8 Å². The molecule has 9 nitrogen and oxygen atoms in total. The van der Waals surface area contributed by atoms with Crippen LogP contribution in [0, 0.1) is 0 Å². The molecule has 2 aromatic rings. The van der Waals surface area contributed by atoms with Crippen LogP contribution in [0.4, 0.5) is 0 Å². The Hall–Kier alpha value is -3.02. The zero-order chi connectivity index (χ0) is 34.4. The summed E-state index contributed by atoms with van der Waals surface area (Å²) < 4.78 is 39.6. The van der Waals surface area contributed by atoms with Crippen molar-refractivity contribution in [2.24, 2.45) is 0 Å². The molecule has 0 bridgehead atoms. The lowest BCUT2D eigenvalue weighted by Crippen LogP contribution is -2.55. The van der Waals surface area contributed by atoms with Gasteiger partial charge in [0.15, 0.2) is 0 Å². The number of ether oxygens (including phenoxy) is 2. The third-order valence-corrected chi connectivity index (χ3v) is 10.4. The second-order valence-electron chi connectivity index (χ2n) is 12.6. The first-order chi connectivity index (χ1) is 22.5. The lowest BCUT2D eigenvalue weighted by molar-refractivity contribution is -0.126. The van der Waals surface area contributed by atoms with Crippen molar-refractivity contribution in [3.05, 3.63) is 90.5 Å². The number of carbonyl (C=O) groups is 1. The van der Waals surface area contributed by atoms with Gasteiger partial charge in [-0.05, 0) is 74.8 Å². The number of benzene rings is 2. The fourth-order valence-electron chi connectivity index (χ4n) is 5.96. The molecule has 0 radical (unpaired) electrons. The summed E-state index contributed by atoms with van der Waals surface area (Å²) in [7, 11) is -2.19. The number of amides is 1. The number of nitrogens with one attached hydrogen (secondary N) is 2. The Bertz CT molecular complexity index is 1380. The summed E-state index contributed by atoms with van der Waals surface area (Å²) in [5, 5.41) is 18.2. The van der Waals surface area contributed by atoms with Gasteiger partial charge in [-0.25, -0.2) is 8.42 Å². The van der Waals surface area contributed by atoms with Crippen LogP contribution in [0.1, 0.15) is 88.1 Å². The first-order valence-electron chi connectivity index (χ1n) is 16.9. The van der Waals surface area contributed by atoms with Crippen LogP contribution >= 0.6 is 0 Å². The number of allylic oxidation sites excluding steroid dienone is 1. The highest BCUT2D eigenvalue weighted by Crippen LogP contribution is 2.42. The third-order valence-electron chi connectivity index (χ3n) is 8.51. The van der Waals surface area contributed by atoms with Crippen LogP contribution in [0.25, 0.3) is 0 Å². The number of aliphatic hydroxyl groups excluding tert-OH is 1. The highest BCUT2D eigenvalue weighted by Gasteiger charge is 2.35. The largest absolute Gasteiger partial charge is 0.491 e. The van der Waals surface area contributed by atoms with Crippen LogP contribution in [-0.4, -0.2) is 74.0 Å². The van der Waals surface area contributed by atoms with Crippen LogP contribution in [0.5, 0.6) is 5.75 Å². The van der Waals surface area contributed by atoms with Crippen molar-refractivity contribution in [3.8, 4) is 5.75 Å². The van der Waals surface area contributed by atoms with E-state index in [1.54, 1.807) is 12.2 Å². The molecule has 3 N–H and O–H groups in total. The molecule has 0 saturated heterocycles. The topological polar surface area (TPSA) is 117 Å². The average molecular weight is 670 g/mol. The monoisotopic (exact) mass is 669 g/mol. The lowest BCUT2D eigenvalue weighted by atomic mass is 9.99. The van der Waals surface area contributed by atoms with Gasteiger partial charge in [-0.1, -0.05) is 68.3 Å². The molecule has 10 heteroatoms. The lowest BCUT2D eigenvalue weighted by Gasteiger charge is -2.31. The molecule has 0 aromatic heterocycles. The van der Waals surface area contributed by atoms with Gasteiger partial charge in [0, 0.05) is 19.6 Å². The van der Waals surface area contributed by atoms with Gasteiger partial charge in [-0.2, -0.15) is 4.31 Å². The molecule has 47 heavy (non-hydrogen) atoms. The minimum atomic E-state index is -3.66. The summed E-state index contributed by atoms with van der Waals surface area (Å²) in [5.41, 5.74) is 3.06. The molecular formula is C37H55N3O6S. The van der Waals surface area contributed by atoms with Crippen LogP contribution in [-0.2, 0) is 26.0 Å². The summed E-state index contributed by atoms with van der Waals surface area (Å²) in [5.74, 6) is 0.316. The van der Waals surface area contributed by atoms with Crippen LogP contribution in [0.2, 0.25) is 0 Å². The molecule has 0 spiro atoms. The quantitative estimate of drug-likeness (QED) is 0.110. The maximum absolute atomic E-state index is 13.8. The third kappa shape index (κ3) is 11.6. The number of unbranched alkanes of at least 4 members (excludes halogenated alkanes) is 2. The van der Waals surface area contributed by atoms with Gasteiger partial charge in [0.2, 0.25) is 15.9 Å². The van der Waals surface area contributed by atoms with Gasteiger partial charge in [0.05, 0.1) is 36.7 Å². The fourth-order valence-corrected chi connectivity index (χ4v) is 7.40. The standard InChI is InChI=1S/C37H55N3O6S/c1-7-10-15-22-47(43,44)40(6)34(18-11-8-2)37(42)39-33(23-28-16-13-12-14-17-28)35(41)26-38-32-25-36(45-21-9-3)30-20-19-29(24-31(30)32)46-27(4)5/h8-9,12-14,16-17,19-20,24,27,32-36,38,41H,2-3,7,10-11,15,18,21-23,25-26H2,1,4-6H3,(H,39,42)/t32-,33-,34-,35-,36+/m0/s1. The number of fused-ring (bicyclic) bond motifs is 1. The highest BCUT2D eigenvalue weighted by molar-refractivity contribution is 7.89. The molecule has 0 aliphatic heterocycles. The Morgan fingerprint density at radius 1 is 1.11 bits per heavy atom. The second-order valence-corrected chi connectivity index (χ2v) is 14.7. The molecule has 1 amide bonds. The van der Waals surface area contributed by atoms with E-state index in [1.807, 2.05) is 69.3 Å². The number of sulfonamides is 1. The van der Waals surface area contributed by atoms with E-state index < -0.39 is 34.1 Å². The van der Waals surface area contributed by atoms with Crippen molar-refractivity contribution >= 4 is 15.9 Å². The van der Waals surface area contributed by atoms with Gasteiger partial charge in [-0.15, -0.1) is 13.2 Å². The minimum Gasteiger partial charge on any atom is -0.491 e. The maximum atomic E-state index is 13.8. The Kier molecular flexibility index (Phi) is 15.6. The number of aliphatic hydroxyl groups is 1. The van der Waals surface area contributed by atoms with Gasteiger partial charge >= 0.3 is 0 Å². The molecule has 2 aromatic carbocycles. The van der Waals surface area contributed by atoms with Crippen LogP contribution in [0.3, 0.4) is 0 Å². The first-order valence-corrected chi connectivity index (χ1v) is 18.5. The summed E-state index contributed by atoms with van der Waals surface area (Å²) in [6.07, 6.45) is 6.36. The molecule has 5 atom stereocenters. The Morgan fingerprint density at radius 3 is 2.51 bits per heavy atom. The van der Waals surface area contributed by atoms with E-state index in [0.29, 0.717) is 32.3 Å². The summed E-state index contributed by atoms with van der Waals surface area (Å²) in [6, 6.07) is 13.9. The molecule has 0 saturated carbocycles. The second kappa shape index (κ2) is 19.1. The zero-order valence-electron chi connectivity index (χ0n) is 28.6. The normalized spacial score (nSPS) is 18.0. The number of likely N-dealkylation sites (N-methyl/N-ethyl adjacent to an activating group) is 1. The molecule has 260 valence electrons. The van der Waals surface area contributed by atoms with Crippen molar-refractivity contribution in [1.29, 1.82) is 0 Å². The molecule has 1 aliphatic rings. The molecular weight excluding hydrogens is 614 g/mol. The molecule has 0 heterocycles. The number of carbonyl (C=O) groups excluding carboxylic acids is 1. The highest BCUT2D eigenvalue weighted by atomic mass is 32.2. The predicted octanol–water partition coefficient (Wildman–Crippen LogP) is 5.63. The number of hydrogen-bond acceptors (Lipinski definition) is 7. The summed E-state index contributed by atoms with van der Waals surface area (Å²) >= 11 is 0. The Labute approximate surface area is 282 Å². The van der Waals surface area contributed by atoms with Crippen molar-refractivity contribution in [1.82, 2.24) is 14.9 Å². The Morgan fingerprint density at radius 2 is 1.85 bits per heavy atom. The average Bonchev–Trinajstić information content (AvgIpc) is 3.39. The molecule has 0 unspecified atom stereocenters. The van der Waals surface area contributed by atoms with Crippen molar-refractivity contribution < 1.29 is 27.8 Å². The van der Waals surface area contributed by atoms with Gasteiger partial charge in [0.25, 0.3) is 0 Å². The fraction of sp³-hybridized carbons (Fsp3) is 0.541. The van der Waals surface area contributed by atoms with Crippen molar-refractivity contribution in [2.75, 3.05) is 26.0 Å². The summed E-state index contributed by atoms with van der Waals surface area (Å²) in [4.78, 5) is 13.8. The smallest absolute Gasteiger partial charge is 0.238 e. The SMILES string of the molecule is C=CCC[C@@H](C(=O)N[C@@H](Cc1ccccc1)[C@@H](O)CN[C@H]1C[C@@H](OCC=C)c2ccc(OC(C)C)cc21)N(C)S(=O)(=O)CCCCC. The van der Waals surface area contributed by atoms with Crippen LogP contribution in [0.15, 0.2) is 73.8 Å². The number of hydrogen-bond donors (Lipinski definition) is 3. The van der Waals surface area contributed by atoms with Gasteiger partial charge in [-0.3, -0.25) is 4.79 Å². The number of nitrogens with zero attached hydrogens (tertiary/aromatic N) is 1. The zero-order valence-corrected chi connectivity index (χ0v) is 29.4. The summed E-state index contributed by atoms with van der Waals surface area (Å²) in [6.45, 7) is 14.1. The first kappa shape index (κ1) is 38.4. The maximum Gasteiger partial charge on any atom is 0.238 e. The Balaban J connectivity index is 1.81. The van der Waals surface area contributed by atoms with E-state index in [9.17, 15) is 18.3 Å². The van der Waals surface area contributed by atoms with Crippen LogP contribution < -0.4 is 15.4 Å². The van der Waals surface area contributed by atoms with E-state index in [1.165, 1.54) is 11.4 Å². The minimum absolute atomic E-state index is 0.0144. The van der Waals surface area contributed by atoms with Crippen molar-refractivity contribution in [2.45, 2.75) is 102 Å². The van der Waals surface area contributed by atoms with E-state index in [-0.39, 0.29) is 37.0 Å². The predicted molar refractivity (Wildman–Crippen MR) is 189 cm³/mol. The molecule has 1 aliphatic carbocycles. The van der Waals surface area contributed by atoms with E-state index >= 15 is 0 Å². The van der Waals surface area contributed by atoms with E-state index in [0.717, 1.165) is 35.3 Å². The van der Waals surface area contributed by atoms with Gasteiger partial charge < -0.3 is 25.2 Å². The molecule has 0 fully saturated rings. The van der Waals surface area contributed by atoms with E-state index in [4.69, 9.17) is 9.47 Å². The molecule has 3 rings (SSSR count).